The zero-order valence-corrected chi connectivity index (χ0v) is 13.0. The minimum Gasteiger partial charge on any atom is -0.396 e. The van der Waals surface area contributed by atoms with Gasteiger partial charge in [-0.1, -0.05) is 23.7 Å². The van der Waals surface area contributed by atoms with Crippen LogP contribution < -0.4 is 5.32 Å². The van der Waals surface area contributed by atoms with Crippen LogP contribution in [0.25, 0.3) is 0 Å². The molecule has 1 aliphatic rings. The first-order valence-electron chi connectivity index (χ1n) is 7.03. The Kier molecular flexibility index (Phi) is 4.60. The van der Waals surface area contributed by atoms with E-state index in [2.05, 4.69) is 5.32 Å². The molecule has 1 heterocycles. The maximum absolute atomic E-state index is 13.1. The largest absolute Gasteiger partial charge is 0.396 e. The van der Waals surface area contributed by atoms with Gasteiger partial charge in [0.2, 0.25) is 0 Å². The van der Waals surface area contributed by atoms with Crippen LogP contribution in [0.4, 0.5) is 4.39 Å². The Hall–Kier alpha value is -0.940. The Balaban J connectivity index is 1.79. The van der Waals surface area contributed by atoms with Gasteiger partial charge in [0.15, 0.2) is 0 Å². The second-order valence-electron chi connectivity index (χ2n) is 5.51. The minimum atomic E-state index is -0.231. The SMILES string of the molecule is OCC1CC(N[C@H](c2ccc(F)cc2)c2ccc(Cl)s2)C1. The van der Waals surface area contributed by atoms with Crippen molar-refractivity contribution in [3.05, 3.63) is 57.0 Å². The molecule has 1 aromatic heterocycles. The molecular formula is C16H17ClFNOS. The van der Waals surface area contributed by atoms with Crippen LogP contribution in [0, 0.1) is 11.7 Å². The van der Waals surface area contributed by atoms with E-state index < -0.39 is 0 Å². The van der Waals surface area contributed by atoms with Crippen LogP contribution in [0.1, 0.15) is 29.3 Å². The quantitative estimate of drug-likeness (QED) is 0.871. The molecule has 2 aromatic rings. The lowest BCUT2D eigenvalue weighted by Crippen LogP contribution is -2.44. The molecule has 21 heavy (non-hydrogen) atoms. The number of thiophene rings is 1. The summed E-state index contributed by atoms with van der Waals surface area (Å²) in [6, 6.07) is 10.9. The number of rotatable bonds is 5. The third kappa shape index (κ3) is 3.46. The van der Waals surface area contributed by atoms with Crippen molar-refractivity contribution in [1.82, 2.24) is 5.32 Å². The van der Waals surface area contributed by atoms with E-state index in [-0.39, 0.29) is 18.5 Å². The first kappa shape index (κ1) is 15.0. The average molecular weight is 326 g/mol. The average Bonchev–Trinajstić information content (AvgIpc) is 2.85. The summed E-state index contributed by atoms with van der Waals surface area (Å²) in [4.78, 5) is 1.12. The van der Waals surface area contributed by atoms with Gasteiger partial charge in [0.05, 0.1) is 10.4 Å². The molecule has 0 radical (unpaired) electrons. The molecule has 0 bridgehead atoms. The summed E-state index contributed by atoms with van der Waals surface area (Å²) >= 11 is 7.58. The van der Waals surface area contributed by atoms with Gasteiger partial charge in [-0.05, 0) is 48.6 Å². The Morgan fingerprint density at radius 2 is 1.95 bits per heavy atom. The topological polar surface area (TPSA) is 32.3 Å². The van der Waals surface area contributed by atoms with Gasteiger partial charge in [0, 0.05) is 17.5 Å². The molecule has 112 valence electrons. The summed E-state index contributed by atoms with van der Waals surface area (Å²) in [6.07, 6.45) is 1.96. The second-order valence-corrected chi connectivity index (χ2v) is 7.26. The van der Waals surface area contributed by atoms with Crippen LogP contribution in [-0.2, 0) is 0 Å². The van der Waals surface area contributed by atoms with Gasteiger partial charge >= 0.3 is 0 Å². The van der Waals surface area contributed by atoms with Crippen molar-refractivity contribution < 1.29 is 9.50 Å². The molecule has 0 saturated heterocycles. The first-order valence-corrected chi connectivity index (χ1v) is 8.22. The lowest BCUT2D eigenvalue weighted by Gasteiger charge is -2.37. The Labute approximate surface area is 132 Å². The number of hydrogen-bond donors (Lipinski definition) is 2. The predicted molar refractivity (Wildman–Crippen MR) is 84.3 cm³/mol. The fraction of sp³-hybridized carbons (Fsp3) is 0.375. The Morgan fingerprint density at radius 1 is 1.24 bits per heavy atom. The fourth-order valence-electron chi connectivity index (χ4n) is 2.74. The van der Waals surface area contributed by atoms with Crippen molar-refractivity contribution in [3.8, 4) is 0 Å². The zero-order valence-electron chi connectivity index (χ0n) is 11.4. The van der Waals surface area contributed by atoms with Gasteiger partial charge in [0.25, 0.3) is 0 Å². The number of nitrogens with one attached hydrogen (secondary N) is 1. The summed E-state index contributed by atoms with van der Waals surface area (Å²) in [5.41, 5.74) is 1.03. The summed E-state index contributed by atoms with van der Waals surface area (Å²) in [5.74, 6) is 0.175. The molecule has 0 spiro atoms. The second kappa shape index (κ2) is 6.44. The van der Waals surface area contributed by atoms with Gasteiger partial charge in [0.1, 0.15) is 5.82 Å². The lowest BCUT2D eigenvalue weighted by molar-refractivity contribution is 0.123. The van der Waals surface area contributed by atoms with Crippen molar-refractivity contribution in [1.29, 1.82) is 0 Å². The van der Waals surface area contributed by atoms with Crippen LogP contribution in [0.5, 0.6) is 0 Å². The highest BCUT2D eigenvalue weighted by atomic mass is 35.5. The summed E-state index contributed by atoms with van der Waals surface area (Å²) in [5, 5.41) is 12.7. The van der Waals surface area contributed by atoms with Crippen LogP contribution in [0.3, 0.4) is 0 Å². The molecule has 1 aliphatic carbocycles. The predicted octanol–water partition coefficient (Wildman–Crippen LogP) is 3.99. The molecule has 2 N–H and O–H groups in total. The van der Waals surface area contributed by atoms with Gasteiger partial charge in [-0.15, -0.1) is 11.3 Å². The van der Waals surface area contributed by atoms with E-state index in [0.717, 1.165) is 27.6 Å². The third-order valence-electron chi connectivity index (χ3n) is 3.98. The lowest BCUT2D eigenvalue weighted by atomic mass is 9.80. The highest BCUT2D eigenvalue weighted by Crippen LogP contribution is 2.35. The van der Waals surface area contributed by atoms with Gasteiger partial charge in [-0.25, -0.2) is 4.39 Å². The van der Waals surface area contributed by atoms with E-state index in [9.17, 15) is 4.39 Å². The molecule has 2 nitrogen and oxygen atoms in total. The van der Waals surface area contributed by atoms with E-state index in [4.69, 9.17) is 16.7 Å². The van der Waals surface area contributed by atoms with Gasteiger partial charge < -0.3 is 10.4 Å². The summed E-state index contributed by atoms with van der Waals surface area (Å²) in [7, 11) is 0. The summed E-state index contributed by atoms with van der Waals surface area (Å²) < 4.78 is 13.9. The van der Waals surface area contributed by atoms with Crippen molar-refractivity contribution in [2.45, 2.75) is 24.9 Å². The van der Waals surface area contributed by atoms with Crippen molar-refractivity contribution in [2.75, 3.05) is 6.61 Å². The molecule has 3 rings (SSSR count). The molecular weight excluding hydrogens is 309 g/mol. The van der Waals surface area contributed by atoms with Crippen molar-refractivity contribution in [3.63, 3.8) is 0 Å². The maximum Gasteiger partial charge on any atom is 0.123 e. The monoisotopic (exact) mass is 325 g/mol. The van der Waals surface area contributed by atoms with E-state index in [1.165, 1.54) is 23.5 Å². The standard InChI is InChI=1S/C16H17ClFNOS/c17-15-6-5-14(21-15)16(11-1-3-12(18)4-2-11)19-13-7-10(8-13)9-20/h1-6,10,13,16,19-20H,7-9H2/t10?,13?,16-/m1/s1. The number of benzene rings is 1. The molecule has 1 saturated carbocycles. The molecule has 5 heteroatoms. The number of aliphatic hydroxyl groups is 1. The normalized spacial score (nSPS) is 22.8. The molecule has 1 atom stereocenters. The highest BCUT2D eigenvalue weighted by molar-refractivity contribution is 7.16. The van der Waals surface area contributed by atoms with Crippen LogP contribution in [0.2, 0.25) is 4.34 Å². The molecule has 1 fully saturated rings. The van der Waals surface area contributed by atoms with Gasteiger partial charge in [-0.3, -0.25) is 0 Å². The summed E-state index contributed by atoms with van der Waals surface area (Å²) in [6.45, 7) is 0.254. The minimum absolute atomic E-state index is 0.0211. The first-order chi connectivity index (χ1) is 10.2. The zero-order chi connectivity index (χ0) is 14.8. The van der Waals surface area contributed by atoms with Crippen molar-refractivity contribution in [2.24, 2.45) is 5.92 Å². The molecule has 0 amide bonds. The van der Waals surface area contributed by atoms with Crippen LogP contribution >= 0.6 is 22.9 Å². The highest BCUT2D eigenvalue weighted by Gasteiger charge is 2.31. The Bertz CT molecular complexity index is 595. The number of aliphatic hydroxyl groups excluding tert-OH is 1. The van der Waals surface area contributed by atoms with E-state index >= 15 is 0 Å². The number of halogens is 2. The molecule has 1 aromatic carbocycles. The number of hydrogen-bond acceptors (Lipinski definition) is 3. The smallest absolute Gasteiger partial charge is 0.123 e. The van der Waals surface area contributed by atoms with Crippen LogP contribution in [-0.4, -0.2) is 17.8 Å². The van der Waals surface area contributed by atoms with E-state index in [1.807, 2.05) is 24.3 Å². The van der Waals surface area contributed by atoms with Gasteiger partial charge in [-0.2, -0.15) is 0 Å². The van der Waals surface area contributed by atoms with Crippen LogP contribution in [0.15, 0.2) is 36.4 Å². The fourth-order valence-corrected chi connectivity index (χ4v) is 3.89. The molecule has 0 aliphatic heterocycles. The van der Waals surface area contributed by atoms with E-state index in [1.54, 1.807) is 0 Å². The van der Waals surface area contributed by atoms with Crippen molar-refractivity contribution >= 4 is 22.9 Å². The van der Waals surface area contributed by atoms with E-state index in [0.29, 0.717) is 12.0 Å². The molecule has 0 unspecified atom stereocenters. The Morgan fingerprint density at radius 3 is 2.52 bits per heavy atom. The maximum atomic E-state index is 13.1. The third-order valence-corrected chi connectivity index (χ3v) is 5.27.